The third-order valence-corrected chi connectivity index (χ3v) is 3.66. The molecule has 0 aliphatic carbocycles. The predicted molar refractivity (Wildman–Crippen MR) is 69.8 cm³/mol. The van der Waals surface area contributed by atoms with Crippen LogP contribution in [0.2, 0.25) is 0 Å². The Morgan fingerprint density at radius 1 is 1.28 bits per heavy atom. The molecule has 2 aromatic heterocycles. The van der Waals surface area contributed by atoms with Crippen LogP contribution in [0, 0.1) is 0 Å². The average Bonchev–Trinajstić information content (AvgIpc) is 3.01. The lowest BCUT2D eigenvalue weighted by Gasteiger charge is -2.23. The van der Waals surface area contributed by atoms with Crippen LogP contribution >= 0.6 is 0 Å². The summed E-state index contributed by atoms with van der Waals surface area (Å²) in [6.45, 7) is 2.04. The summed E-state index contributed by atoms with van der Waals surface area (Å²) in [6, 6.07) is 6.62. The molecule has 1 unspecified atom stereocenters. The molecule has 18 heavy (non-hydrogen) atoms. The van der Waals surface area contributed by atoms with E-state index in [1.54, 1.807) is 0 Å². The molecule has 1 aliphatic rings. The maximum atomic E-state index is 4.49. The van der Waals surface area contributed by atoms with Crippen molar-refractivity contribution in [2.45, 2.75) is 25.4 Å². The maximum Gasteiger partial charge on any atom is 0.122 e. The quantitative estimate of drug-likeness (QED) is 0.827. The molecule has 0 aromatic carbocycles. The van der Waals surface area contributed by atoms with E-state index in [9.17, 15) is 0 Å². The second-order valence-corrected chi connectivity index (χ2v) is 4.84. The number of nitrogens with zero attached hydrogens (tertiary/aromatic N) is 4. The number of pyridine rings is 1. The van der Waals surface area contributed by atoms with Crippen molar-refractivity contribution in [2.75, 3.05) is 6.54 Å². The van der Waals surface area contributed by atoms with E-state index in [-0.39, 0.29) is 0 Å². The summed E-state index contributed by atoms with van der Waals surface area (Å²) in [6.07, 6.45) is 8.18. The molecule has 1 aliphatic heterocycles. The lowest BCUT2D eigenvalue weighted by atomic mass is 10.1. The van der Waals surface area contributed by atoms with Crippen molar-refractivity contribution in [3.05, 3.63) is 48.3 Å². The van der Waals surface area contributed by atoms with Crippen molar-refractivity contribution < 1.29 is 0 Å². The van der Waals surface area contributed by atoms with Gasteiger partial charge < -0.3 is 4.57 Å². The molecule has 0 saturated carbocycles. The van der Waals surface area contributed by atoms with Crippen LogP contribution in [-0.2, 0) is 13.6 Å². The summed E-state index contributed by atoms with van der Waals surface area (Å²) in [7, 11) is 2.05. The maximum absolute atomic E-state index is 4.49. The van der Waals surface area contributed by atoms with Crippen LogP contribution < -0.4 is 0 Å². The van der Waals surface area contributed by atoms with Crippen molar-refractivity contribution in [1.82, 2.24) is 19.4 Å². The monoisotopic (exact) mass is 242 g/mol. The fraction of sp³-hybridized carbons (Fsp3) is 0.429. The number of rotatable bonds is 3. The molecule has 2 aromatic rings. The van der Waals surface area contributed by atoms with E-state index in [4.69, 9.17) is 0 Å². The predicted octanol–water partition coefficient (Wildman–Crippen LogP) is 2.15. The topological polar surface area (TPSA) is 34.0 Å². The van der Waals surface area contributed by atoms with Gasteiger partial charge in [0.05, 0.1) is 18.3 Å². The van der Waals surface area contributed by atoms with Crippen LogP contribution in [0.15, 0.2) is 36.8 Å². The van der Waals surface area contributed by atoms with Crippen molar-refractivity contribution in [2.24, 2.45) is 7.05 Å². The first-order chi connectivity index (χ1) is 8.84. The van der Waals surface area contributed by atoms with Gasteiger partial charge in [0.1, 0.15) is 5.82 Å². The highest BCUT2D eigenvalue weighted by molar-refractivity contribution is 5.11. The second kappa shape index (κ2) is 4.90. The zero-order chi connectivity index (χ0) is 12.4. The highest BCUT2D eigenvalue weighted by Crippen LogP contribution is 2.31. The largest absolute Gasteiger partial charge is 0.337 e. The van der Waals surface area contributed by atoms with E-state index < -0.39 is 0 Å². The number of imidazole rings is 1. The highest BCUT2D eigenvalue weighted by Gasteiger charge is 2.27. The SMILES string of the molecule is Cn1ccnc1CN1CCCC1c1ccccn1. The van der Waals surface area contributed by atoms with E-state index in [1.807, 2.05) is 31.7 Å². The molecule has 1 atom stereocenters. The first-order valence-corrected chi connectivity index (χ1v) is 6.46. The first kappa shape index (κ1) is 11.4. The van der Waals surface area contributed by atoms with Gasteiger partial charge in [0, 0.05) is 25.6 Å². The van der Waals surface area contributed by atoms with Crippen LogP contribution in [-0.4, -0.2) is 26.0 Å². The Hall–Kier alpha value is -1.68. The minimum Gasteiger partial charge on any atom is -0.337 e. The van der Waals surface area contributed by atoms with E-state index in [1.165, 1.54) is 18.5 Å². The second-order valence-electron chi connectivity index (χ2n) is 4.84. The van der Waals surface area contributed by atoms with Gasteiger partial charge >= 0.3 is 0 Å². The molecule has 0 bridgehead atoms. The van der Waals surface area contributed by atoms with Gasteiger partial charge in [-0.05, 0) is 31.5 Å². The lowest BCUT2D eigenvalue weighted by Crippen LogP contribution is -2.24. The van der Waals surface area contributed by atoms with E-state index in [0.29, 0.717) is 6.04 Å². The van der Waals surface area contributed by atoms with Crippen molar-refractivity contribution in [3.63, 3.8) is 0 Å². The van der Waals surface area contributed by atoms with E-state index in [2.05, 4.69) is 31.6 Å². The Bertz CT molecular complexity index is 506. The number of hydrogen-bond acceptors (Lipinski definition) is 3. The summed E-state index contributed by atoms with van der Waals surface area (Å²) < 4.78 is 2.09. The van der Waals surface area contributed by atoms with Gasteiger partial charge in [-0.1, -0.05) is 6.07 Å². The normalized spacial score (nSPS) is 20.4. The molecule has 3 rings (SSSR count). The zero-order valence-corrected chi connectivity index (χ0v) is 10.7. The molecule has 0 amide bonds. The molecule has 1 fully saturated rings. The van der Waals surface area contributed by atoms with Gasteiger partial charge in [-0.3, -0.25) is 9.88 Å². The molecule has 4 nitrogen and oxygen atoms in total. The number of likely N-dealkylation sites (tertiary alicyclic amines) is 1. The van der Waals surface area contributed by atoms with Crippen LogP contribution in [0.25, 0.3) is 0 Å². The third kappa shape index (κ3) is 2.16. The highest BCUT2D eigenvalue weighted by atomic mass is 15.2. The lowest BCUT2D eigenvalue weighted by molar-refractivity contribution is 0.236. The summed E-state index contributed by atoms with van der Waals surface area (Å²) in [5, 5.41) is 0. The van der Waals surface area contributed by atoms with Gasteiger partial charge in [-0.2, -0.15) is 0 Å². The summed E-state index contributed by atoms with van der Waals surface area (Å²) in [4.78, 5) is 11.4. The molecule has 1 saturated heterocycles. The standard InChI is InChI=1S/C14H18N4/c1-17-10-8-16-14(17)11-18-9-4-6-13(18)12-5-2-3-7-15-12/h2-3,5,7-8,10,13H,4,6,9,11H2,1H3. The minimum atomic E-state index is 0.447. The first-order valence-electron chi connectivity index (χ1n) is 6.46. The van der Waals surface area contributed by atoms with Gasteiger partial charge in [0.15, 0.2) is 0 Å². The fourth-order valence-corrected chi connectivity index (χ4v) is 2.65. The smallest absolute Gasteiger partial charge is 0.122 e. The number of aromatic nitrogens is 3. The van der Waals surface area contributed by atoms with E-state index in [0.717, 1.165) is 18.9 Å². The molecule has 0 spiro atoms. The third-order valence-electron chi connectivity index (χ3n) is 3.66. The number of aryl methyl sites for hydroxylation is 1. The Morgan fingerprint density at radius 3 is 2.94 bits per heavy atom. The molecule has 94 valence electrons. The van der Waals surface area contributed by atoms with Crippen LogP contribution in [0.1, 0.15) is 30.4 Å². The molecule has 3 heterocycles. The molecular formula is C14H18N4. The summed E-state index contributed by atoms with van der Waals surface area (Å²) in [5.41, 5.74) is 1.18. The van der Waals surface area contributed by atoms with Crippen LogP contribution in [0.4, 0.5) is 0 Å². The molecule has 0 radical (unpaired) electrons. The molecule has 0 N–H and O–H groups in total. The summed E-state index contributed by atoms with van der Waals surface area (Å²) >= 11 is 0. The zero-order valence-electron chi connectivity index (χ0n) is 10.7. The Kier molecular flexibility index (Phi) is 3.11. The van der Waals surface area contributed by atoms with Crippen LogP contribution in [0.3, 0.4) is 0 Å². The van der Waals surface area contributed by atoms with Crippen LogP contribution in [0.5, 0.6) is 0 Å². The van der Waals surface area contributed by atoms with Crippen molar-refractivity contribution in [3.8, 4) is 0 Å². The van der Waals surface area contributed by atoms with Gasteiger partial charge in [-0.25, -0.2) is 4.98 Å². The average molecular weight is 242 g/mol. The van der Waals surface area contributed by atoms with Gasteiger partial charge in [0.25, 0.3) is 0 Å². The van der Waals surface area contributed by atoms with Gasteiger partial charge in [-0.15, -0.1) is 0 Å². The Balaban J connectivity index is 1.78. The van der Waals surface area contributed by atoms with Crippen molar-refractivity contribution >= 4 is 0 Å². The minimum absolute atomic E-state index is 0.447. The molecule has 4 heteroatoms. The number of hydrogen-bond donors (Lipinski definition) is 0. The van der Waals surface area contributed by atoms with Gasteiger partial charge in [0.2, 0.25) is 0 Å². The Labute approximate surface area is 107 Å². The van der Waals surface area contributed by atoms with Crippen molar-refractivity contribution in [1.29, 1.82) is 0 Å². The summed E-state index contributed by atoms with van der Waals surface area (Å²) in [5.74, 6) is 1.12. The van der Waals surface area contributed by atoms with E-state index >= 15 is 0 Å². The molecular weight excluding hydrogens is 224 g/mol. The fourth-order valence-electron chi connectivity index (χ4n) is 2.65. The Morgan fingerprint density at radius 2 is 2.22 bits per heavy atom.